The molecule has 0 atom stereocenters. The second-order valence-corrected chi connectivity index (χ2v) is 9.34. The minimum absolute atomic E-state index is 0.0317. The normalized spacial score (nSPS) is 12.0. The fraction of sp³-hybridized carbons (Fsp3) is 0.360. The minimum atomic E-state index is 0.0317. The Morgan fingerprint density at radius 3 is 1.52 bits per heavy atom. The Hall–Kier alpha value is -2.88. The van der Waals surface area contributed by atoms with E-state index in [0.29, 0.717) is 0 Å². The summed E-state index contributed by atoms with van der Waals surface area (Å²) in [5, 5.41) is 0. The van der Waals surface area contributed by atoms with Gasteiger partial charge >= 0.3 is 0 Å². The van der Waals surface area contributed by atoms with Crippen LogP contribution in [0.3, 0.4) is 0 Å². The average molecular weight is 390 g/mol. The van der Waals surface area contributed by atoms with Gasteiger partial charge in [-0.25, -0.2) is 9.97 Å². The molecule has 3 aromatic rings. The number of nitrogens with zero attached hydrogens (tertiary/aromatic N) is 3. The van der Waals surface area contributed by atoms with Crippen LogP contribution in [0.25, 0.3) is 0 Å². The van der Waals surface area contributed by atoms with E-state index in [2.05, 4.69) is 70.7 Å². The van der Waals surface area contributed by atoms with Gasteiger partial charge in [-0.2, -0.15) is 0 Å². The zero-order chi connectivity index (χ0) is 21.2. The summed E-state index contributed by atoms with van der Waals surface area (Å²) < 4.78 is 5.34. The van der Waals surface area contributed by atoms with Crippen LogP contribution in [0.2, 0.25) is 0 Å². The minimum Gasteiger partial charge on any atom is -0.497 e. The Labute approximate surface area is 174 Å². The first-order valence-electron chi connectivity index (χ1n) is 9.97. The van der Waals surface area contributed by atoms with Crippen LogP contribution in [0.15, 0.2) is 60.9 Å². The Kier molecular flexibility index (Phi) is 5.65. The van der Waals surface area contributed by atoms with Gasteiger partial charge in [-0.05, 0) is 70.5 Å². The van der Waals surface area contributed by atoms with Crippen molar-refractivity contribution in [2.75, 3.05) is 12.0 Å². The van der Waals surface area contributed by atoms with Crippen LogP contribution in [-0.2, 0) is 10.8 Å². The zero-order valence-corrected chi connectivity index (χ0v) is 18.5. The van der Waals surface area contributed by atoms with Gasteiger partial charge in [-0.1, -0.05) is 41.5 Å². The third kappa shape index (κ3) is 4.76. The lowest BCUT2D eigenvalue weighted by molar-refractivity contribution is 0.415. The first-order valence-corrected chi connectivity index (χ1v) is 9.97. The molecule has 0 unspecified atom stereocenters. The van der Waals surface area contributed by atoms with Gasteiger partial charge in [-0.3, -0.25) is 4.90 Å². The monoisotopic (exact) mass is 389 g/mol. The molecule has 1 aromatic carbocycles. The van der Waals surface area contributed by atoms with E-state index in [4.69, 9.17) is 14.7 Å². The first kappa shape index (κ1) is 20.8. The van der Waals surface area contributed by atoms with Crippen molar-refractivity contribution in [1.82, 2.24) is 9.97 Å². The Morgan fingerprint density at radius 1 is 0.690 bits per heavy atom. The van der Waals surface area contributed by atoms with Crippen molar-refractivity contribution in [2.24, 2.45) is 0 Å². The van der Waals surface area contributed by atoms with E-state index < -0.39 is 0 Å². The molecule has 4 heteroatoms. The third-order valence-corrected chi connectivity index (χ3v) is 5.01. The van der Waals surface area contributed by atoms with E-state index in [-0.39, 0.29) is 10.8 Å². The largest absolute Gasteiger partial charge is 0.497 e. The molecule has 2 aromatic heterocycles. The summed E-state index contributed by atoms with van der Waals surface area (Å²) in [5.41, 5.74) is 3.51. The van der Waals surface area contributed by atoms with Gasteiger partial charge in [0.2, 0.25) is 0 Å². The van der Waals surface area contributed by atoms with Gasteiger partial charge in [0, 0.05) is 18.1 Å². The van der Waals surface area contributed by atoms with E-state index in [1.165, 1.54) is 11.1 Å². The number of hydrogen-bond donors (Lipinski definition) is 0. The van der Waals surface area contributed by atoms with Crippen LogP contribution in [0.4, 0.5) is 17.3 Å². The van der Waals surface area contributed by atoms with E-state index >= 15 is 0 Å². The van der Waals surface area contributed by atoms with Gasteiger partial charge < -0.3 is 4.74 Å². The zero-order valence-electron chi connectivity index (χ0n) is 18.5. The highest BCUT2D eigenvalue weighted by molar-refractivity contribution is 5.73. The molecule has 0 fully saturated rings. The summed E-state index contributed by atoms with van der Waals surface area (Å²) in [6.07, 6.45) is 3.75. The van der Waals surface area contributed by atoms with Crippen molar-refractivity contribution < 1.29 is 4.74 Å². The van der Waals surface area contributed by atoms with Crippen LogP contribution in [0.1, 0.15) is 52.7 Å². The molecule has 4 nitrogen and oxygen atoms in total. The SMILES string of the molecule is COc1ccc(N(c2cc(C(C)(C)C)ccn2)c2cc(C(C)(C)C)ccn2)cc1. The Balaban J connectivity index is 2.18. The molecule has 0 N–H and O–H groups in total. The van der Waals surface area contributed by atoms with Crippen LogP contribution in [0, 0.1) is 0 Å². The summed E-state index contributed by atoms with van der Waals surface area (Å²) in [5.74, 6) is 2.52. The van der Waals surface area contributed by atoms with Crippen molar-refractivity contribution in [3.63, 3.8) is 0 Å². The lowest BCUT2D eigenvalue weighted by atomic mass is 9.87. The molecule has 0 saturated carbocycles. The number of pyridine rings is 2. The van der Waals surface area contributed by atoms with Crippen molar-refractivity contribution in [2.45, 2.75) is 52.4 Å². The fourth-order valence-corrected chi connectivity index (χ4v) is 3.13. The molecule has 0 bridgehead atoms. The molecule has 0 radical (unpaired) electrons. The number of methoxy groups -OCH3 is 1. The van der Waals surface area contributed by atoms with Crippen LogP contribution in [-0.4, -0.2) is 17.1 Å². The highest BCUT2D eigenvalue weighted by Gasteiger charge is 2.21. The van der Waals surface area contributed by atoms with Gasteiger partial charge in [0.1, 0.15) is 17.4 Å². The quantitative estimate of drug-likeness (QED) is 0.507. The molecule has 0 spiro atoms. The number of benzene rings is 1. The van der Waals surface area contributed by atoms with Crippen molar-refractivity contribution in [3.8, 4) is 5.75 Å². The molecular weight excluding hydrogens is 358 g/mol. The van der Waals surface area contributed by atoms with Gasteiger partial charge in [-0.15, -0.1) is 0 Å². The van der Waals surface area contributed by atoms with E-state index in [9.17, 15) is 0 Å². The maximum atomic E-state index is 5.34. The second-order valence-electron chi connectivity index (χ2n) is 9.34. The molecule has 0 amide bonds. The molecule has 0 saturated heterocycles. The topological polar surface area (TPSA) is 38.2 Å². The molecule has 0 aliphatic carbocycles. The fourth-order valence-electron chi connectivity index (χ4n) is 3.13. The number of anilines is 3. The molecule has 3 rings (SSSR count). The summed E-state index contributed by atoms with van der Waals surface area (Å²) in [7, 11) is 1.68. The van der Waals surface area contributed by atoms with Gasteiger partial charge in [0.25, 0.3) is 0 Å². The van der Waals surface area contributed by atoms with Crippen LogP contribution >= 0.6 is 0 Å². The number of hydrogen-bond acceptors (Lipinski definition) is 4. The Bertz CT molecular complexity index is 909. The van der Waals surface area contributed by atoms with Crippen molar-refractivity contribution >= 4 is 17.3 Å². The first-order chi connectivity index (χ1) is 13.6. The maximum absolute atomic E-state index is 5.34. The van der Waals surface area contributed by atoms with Gasteiger partial charge in [0.05, 0.1) is 7.11 Å². The maximum Gasteiger partial charge on any atom is 0.138 e. The summed E-state index contributed by atoms with van der Waals surface area (Å²) in [6.45, 7) is 13.3. The molecule has 2 heterocycles. The van der Waals surface area contributed by atoms with E-state index in [1.54, 1.807) is 7.11 Å². The summed E-state index contributed by atoms with van der Waals surface area (Å²) in [6, 6.07) is 16.5. The molecule has 0 aliphatic rings. The summed E-state index contributed by atoms with van der Waals surface area (Å²) >= 11 is 0. The van der Waals surface area contributed by atoms with Gasteiger partial charge in [0.15, 0.2) is 0 Å². The number of ether oxygens (including phenoxy) is 1. The lowest BCUT2D eigenvalue weighted by Gasteiger charge is -2.27. The molecule has 29 heavy (non-hydrogen) atoms. The predicted molar refractivity (Wildman–Crippen MR) is 121 cm³/mol. The van der Waals surface area contributed by atoms with E-state index in [0.717, 1.165) is 23.1 Å². The predicted octanol–water partition coefficient (Wildman–Crippen LogP) is 6.55. The third-order valence-electron chi connectivity index (χ3n) is 5.01. The smallest absolute Gasteiger partial charge is 0.138 e. The van der Waals surface area contributed by atoms with E-state index in [1.807, 2.05) is 36.7 Å². The van der Waals surface area contributed by atoms with Crippen LogP contribution < -0.4 is 9.64 Å². The molecule has 152 valence electrons. The highest BCUT2D eigenvalue weighted by Crippen LogP contribution is 2.36. The molecular formula is C25H31N3O. The standard InChI is InChI=1S/C25H31N3O/c1-24(2,3)18-12-14-26-22(16-18)28(20-8-10-21(29-7)11-9-20)23-17-19(13-15-27-23)25(4,5)6/h8-17H,1-7H3. The van der Waals surface area contributed by atoms with Crippen molar-refractivity contribution in [1.29, 1.82) is 0 Å². The van der Waals surface area contributed by atoms with Crippen molar-refractivity contribution in [3.05, 3.63) is 72.1 Å². The highest BCUT2D eigenvalue weighted by atomic mass is 16.5. The number of aromatic nitrogens is 2. The summed E-state index contributed by atoms with van der Waals surface area (Å²) in [4.78, 5) is 11.5. The lowest BCUT2D eigenvalue weighted by Crippen LogP contribution is -2.18. The van der Waals surface area contributed by atoms with Crippen LogP contribution in [0.5, 0.6) is 5.75 Å². The average Bonchev–Trinajstić information content (AvgIpc) is 2.68. The Morgan fingerprint density at radius 2 is 1.14 bits per heavy atom. The number of rotatable bonds is 4. The molecule has 0 aliphatic heterocycles. The second kappa shape index (κ2) is 7.86.